The average Bonchev–Trinajstić information content (AvgIpc) is 2.73. The Labute approximate surface area is 119 Å². The third-order valence-electron chi connectivity index (χ3n) is 3.77. The zero-order valence-electron chi connectivity index (χ0n) is 12.0. The highest BCUT2D eigenvalue weighted by Gasteiger charge is 2.35. The van der Waals surface area contributed by atoms with Crippen molar-refractivity contribution >= 4 is 5.97 Å². The number of hydrogen-bond acceptors (Lipinski definition) is 2. The van der Waals surface area contributed by atoms with Gasteiger partial charge in [-0.1, -0.05) is 63.2 Å². The van der Waals surface area contributed by atoms with Gasteiger partial charge < -0.3 is 4.74 Å². The van der Waals surface area contributed by atoms with Crippen LogP contribution in [-0.4, -0.2) is 5.97 Å². The highest BCUT2D eigenvalue weighted by molar-refractivity contribution is 5.89. The first kappa shape index (κ1) is 12.9. The zero-order chi connectivity index (χ0) is 14.3. The molecule has 1 unspecified atom stereocenters. The lowest BCUT2D eigenvalue weighted by Gasteiger charge is -2.20. The van der Waals surface area contributed by atoms with Crippen LogP contribution in [0.2, 0.25) is 0 Å². The Morgan fingerprint density at radius 2 is 1.70 bits per heavy atom. The van der Waals surface area contributed by atoms with Crippen molar-refractivity contribution in [1.82, 2.24) is 0 Å². The van der Waals surface area contributed by atoms with Crippen LogP contribution in [0.5, 0.6) is 5.75 Å². The van der Waals surface area contributed by atoms with E-state index in [1.165, 1.54) is 5.56 Å². The van der Waals surface area contributed by atoms with Gasteiger partial charge in [0, 0.05) is 5.56 Å². The second kappa shape index (κ2) is 4.48. The van der Waals surface area contributed by atoms with Gasteiger partial charge in [0.15, 0.2) is 0 Å². The van der Waals surface area contributed by atoms with Crippen LogP contribution in [0, 0.1) is 0 Å². The molecule has 0 fully saturated rings. The molecule has 2 aromatic carbocycles. The first-order valence-corrected chi connectivity index (χ1v) is 6.88. The van der Waals surface area contributed by atoms with Gasteiger partial charge in [0.05, 0.1) is 0 Å². The lowest BCUT2D eigenvalue weighted by atomic mass is 9.83. The molecule has 0 aliphatic carbocycles. The van der Waals surface area contributed by atoms with E-state index in [4.69, 9.17) is 4.74 Å². The Morgan fingerprint density at radius 3 is 2.35 bits per heavy atom. The van der Waals surface area contributed by atoms with Crippen LogP contribution in [0.25, 0.3) is 0 Å². The van der Waals surface area contributed by atoms with Crippen molar-refractivity contribution < 1.29 is 9.53 Å². The molecule has 0 amide bonds. The molecule has 1 heterocycles. The first-order valence-electron chi connectivity index (χ1n) is 6.88. The highest BCUT2D eigenvalue weighted by atomic mass is 16.5. The monoisotopic (exact) mass is 266 g/mol. The smallest absolute Gasteiger partial charge is 0.323 e. The van der Waals surface area contributed by atoms with Gasteiger partial charge in [-0.05, 0) is 22.6 Å². The summed E-state index contributed by atoms with van der Waals surface area (Å²) in [5.74, 6) is 0.211. The van der Waals surface area contributed by atoms with Crippen molar-refractivity contribution in [3.63, 3.8) is 0 Å². The van der Waals surface area contributed by atoms with Crippen LogP contribution in [0.3, 0.4) is 0 Å². The molecule has 1 aliphatic rings. The predicted molar refractivity (Wildman–Crippen MR) is 79.1 cm³/mol. The van der Waals surface area contributed by atoms with E-state index in [2.05, 4.69) is 26.8 Å². The van der Waals surface area contributed by atoms with Crippen LogP contribution in [-0.2, 0) is 10.2 Å². The Morgan fingerprint density at radius 1 is 1.00 bits per heavy atom. The Kier molecular flexibility index (Phi) is 2.89. The van der Waals surface area contributed by atoms with Crippen molar-refractivity contribution in [3.05, 3.63) is 65.2 Å². The summed E-state index contributed by atoms with van der Waals surface area (Å²) < 4.78 is 5.40. The number of hydrogen-bond donors (Lipinski definition) is 0. The van der Waals surface area contributed by atoms with Gasteiger partial charge in [-0.15, -0.1) is 0 Å². The molecule has 0 aromatic heterocycles. The highest BCUT2D eigenvalue weighted by Crippen LogP contribution is 2.41. The molecule has 2 nitrogen and oxygen atoms in total. The molecule has 0 saturated heterocycles. The van der Waals surface area contributed by atoms with Gasteiger partial charge in [0.25, 0.3) is 0 Å². The van der Waals surface area contributed by atoms with E-state index in [0.717, 1.165) is 11.1 Å². The molecule has 1 aliphatic heterocycles. The molecule has 0 radical (unpaired) electrons. The summed E-state index contributed by atoms with van der Waals surface area (Å²) in [6.45, 7) is 6.51. The number of esters is 1. The number of carbonyl (C=O) groups is 1. The number of rotatable bonds is 1. The molecule has 0 N–H and O–H groups in total. The van der Waals surface area contributed by atoms with Crippen molar-refractivity contribution in [2.24, 2.45) is 0 Å². The molecule has 0 saturated carbocycles. The molecule has 0 spiro atoms. The Hall–Kier alpha value is -2.09. The fourth-order valence-electron chi connectivity index (χ4n) is 2.59. The summed E-state index contributed by atoms with van der Waals surface area (Å²) in [4.78, 5) is 12.2. The second-order valence-electron chi connectivity index (χ2n) is 6.27. The second-order valence-corrected chi connectivity index (χ2v) is 6.27. The minimum absolute atomic E-state index is 0.0574. The van der Waals surface area contributed by atoms with E-state index in [-0.39, 0.29) is 17.3 Å². The summed E-state index contributed by atoms with van der Waals surface area (Å²) in [5.41, 5.74) is 3.24. The standard InChI is InChI=1S/C18H18O2/c1-18(2,3)13-9-10-15-14(11-13)16(17(19)20-15)12-7-5-4-6-8-12/h4-11,16H,1-3H3. The maximum Gasteiger partial charge on any atom is 0.323 e. The molecule has 1 atom stereocenters. The van der Waals surface area contributed by atoms with Crippen LogP contribution >= 0.6 is 0 Å². The summed E-state index contributed by atoms with van der Waals surface area (Å²) in [5, 5.41) is 0. The minimum atomic E-state index is -0.298. The lowest BCUT2D eigenvalue weighted by Crippen LogP contribution is -2.13. The SMILES string of the molecule is CC(C)(C)c1ccc2c(c1)C(c1ccccc1)C(=O)O2. The van der Waals surface area contributed by atoms with E-state index >= 15 is 0 Å². The van der Waals surface area contributed by atoms with Gasteiger partial charge in [-0.3, -0.25) is 4.79 Å². The van der Waals surface area contributed by atoms with E-state index in [1.807, 2.05) is 42.5 Å². The molecule has 0 bridgehead atoms. The summed E-state index contributed by atoms with van der Waals surface area (Å²) in [6, 6.07) is 15.9. The molecule has 102 valence electrons. The summed E-state index contributed by atoms with van der Waals surface area (Å²) in [6.07, 6.45) is 0. The molecular weight excluding hydrogens is 248 g/mol. The largest absolute Gasteiger partial charge is 0.425 e. The average molecular weight is 266 g/mol. The quantitative estimate of drug-likeness (QED) is 0.575. The number of fused-ring (bicyclic) bond motifs is 1. The van der Waals surface area contributed by atoms with Crippen molar-refractivity contribution in [1.29, 1.82) is 0 Å². The summed E-state index contributed by atoms with van der Waals surface area (Å²) in [7, 11) is 0. The zero-order valence-corrected chi connectivity index (χ0v) is 12.0. The van der Waals surface area contributed by atoms with Crippen LogP contribution < -0.4 is 4.74 Å². The van der Waals surface area contributed by atoms with E-state index in [0.29, 0.717) is 5.75 Å². The van der Waals surface area contributed by atoms with Gasteiger partial charge in [0.2, 0.25) is 0 Å². The summed E-state index contributed by atoms with van der Waals surface area (Å²) >= 11 is 0. The normalized spacial score (nSPS) is 17.8. The number of ether oxygens (including phenoxy) is 1. The van der Waals surface area contributed by atoms with Gasteiger partial charge >= 0.3 is 5.97 Å². The van der Waals surface area contributed by atoms with Crippen molar-refractivity contribution in [2.45, 2.75) is 32.1 Å². The van der Waals surface area contributed by atoms with Crippen molar-refractivity contribution in [2.75, 3.05) is 0 Å². The van der Waals surface area contributed by atoms with E-state index < -0.39 is 0 Å². The van der Waals surface area contributed by atoms with Crippen LogP contribution in [0.1, 0.15) is 43.4 Å². The first-order chi connectivity index (χ1) is 9.47. The van der Waals surface area contributed by atoms with E-state index in [9.17, 15) is 4.79 Å². The maximum atomic E-state index is 12.2. The van der Waals surface area contributed by atoms with Gasteiger partial charge in [-0.2, -0.15) is 0 Å². The molecule has 2 heteroatoms. The maximum absolute atomic E-state index is 12.2. The van der Waals surface area contributed by atoms with Gasteiger partial charge in [-0.25, -0.2) is 0 Å². The third kappa shape index (κ3) is 2.11. The van der Waals surface area contributed by atoms with Crippen molar-refractivity contribution in [3.8, 4) is 5.75 Å². The topological polar surface area (TPSA) is 26.3 Å². The Balaban J connectivity index is 2.11. The molecular formula is C18H18O2. The number of carbonyl (C=O) groups excluding carboxylic acids is 1. The Bertz CT molecular complexity index is 651. The lowest BCUT2D eigenvalue weighted by molar-refractivity contribution is -0.133. The molecule has 20 heavy (non-hydrogen) atoms. The fourth-order valence-corrected chi connectivity index (χ4v) is 2.59. The minimum Gasteiger partial charge on any atom is -0.425 e. The van der Waals surface area contributed by atoms with Crippen LogP contribution in [0.4, 0.5) is 0 Å². The fraction of sp³-hybridized carbons (Fsp3) is 0.278. The van der Waals surface area contributed by atoms with E-state index in [1.54, 1.807) is 0 Å². The van der Waals surface area contributed by atoms with Crippen LogP contribution in [0.15, 0.2) is 48.5 Å². The molecule has 2 aromatic rings. The third-order valence-corrected chi connectivity index (χ3v) is 3.77. The van der Waals surface area contributed by atoms with Gasteiger partial charge in [0.1, 0.15) is 11.7 Å². The number of benzene rings is 2. The predicted octanol–water partition coefficient (Wildman–Crippen LogP) is 4.04. The molecule has 3 rings (SSSR count).